The van der Waals surface area contributed by atoms with E-state index in [2.05, 4.69) is 15.4 Å². The average molecular weight is 240 g/mol. The van der Waals surface area contributed by atoms with Crippen LogP contribution in [-0.4, -0.2) is 25.3 Å². The van der Waals surface area contributed by atoms with Gasteiger partial charge in [0.1, 0.15) is 11.6 Å². The van der Waals surface area contributed by atoms with Crippen LogP contribution in [0.2, 0.25) is 0 Å². The second kappa shape index (κ2) is 4.54. The highest BCUT2D eigenvalue weighted by Crippen LogP contribution is 2.18. The van der Waals surface area contributed by atoms with Crippen molar-refractivity contribution in [1.29, 1.82) is 0 Å². The van der Waals surface area contributed by atoms with E-state index in [1.54, 1.807) is 7.05 Å². The van der Waals surface area contributed by atoms with E-state index in [4.69, 9.17) is 0 Å². The molecule has 0 saturated carbocycles. The first-order chi connectivity index (χ1) is 8.04. The molecule has 1 N–H and O–H groups in total. The van der Waals surface area contributed by atoms with Gasteiger partial charge in [-0.15, -0.1) is 10.2 Å². The minimum absolute atomic E-state index is 0.0523. The van der Waals surface area contributed by atoms with Crippen LogP contribution in [0.15, 0.2) is 18.2 Å². The van der Waals surface area contributed by atoms with E-state index in [-0.39, 0.29) is 12.0 Å². The van der Waals surface area contributed by atoms with Gasteiger partial charge < -0.3 is 5.11 Å². The number of rotatable bonds is 3. The lowest BCUT2D eigenvalue weighted by molar-refractivity contribution is 0.175. The number of aliphatic hydroxyl groups is 1. The normalized spacial score (nSPS) is 12.7. The highest BCUT2D eigenvalue weighted by atomic mass is 19.1. The Bertz CT molecular complexity index is 509. The highest BCUT2D eigenvalue weighted by molar-refractivity contribution is 5.20. The van der Waals surface area contributed by atoms with Gasteiger partial charge >= 0.3 is 0 Å². The Morgan fingerprint density at radius 1 is 1.29 bits per heavy atom. The lowest BCUT2D eigenvalue weighted by atomic mass is 10.1. The van der Waals surface area contributed by atoms with Gasteiger partial charge in [-0.2, -0.15) is 4.80 Å². The molecule has 0 fully saturated rings. The number of aromatic nitrogens is 4. The predicted octanol–water partition coefficient (Wildman–Crippen LogP) is 0.764. The minimum atomic E-state index is -1.07. The summed E-state index contributed by atoms with van der Waals surface area (Å²) in [6.45, 7) is 0. The van der Waals surface area contributed by atoms with Crippen molar-refractivity contribution in [3.63, 3.8) is 0 Å². The molecule has 5 nitrogen and oxygen atoms in total. The van der Waals surface area contributed by atoms with E-state index in [0.29, 0.717) is 5.82 Å². The predicted molar refractivity (Wildman–Crippen MR) is 53.8 cm³/mol. The van der Waals surface area contributed by atoms with Crippen molar-refractivity contribution in [2.24, 2.45) is 7.05 Å². The molecule has 0 aliphatic heterocycles. The first kappa shape index (κ1) is 11.6. The standard InChI is InChI=1S/C10H10F2N4O/c1-16-14-10(13-15-16)5-9(17)6-2-7(11)4-8(12)3-6/h2-4,9,17H,5H2,1H3. The van der Waals surface area contributed by atoms with Crippen LogP contribution in [0.5, 0.6) is 0 Å². The Hall–Kier alpha value is -1.89. The molecule has 0 radical (unpaired) electrons. The largest absolute Gasteiger partial charge is 0.388 e. The number of halogens is 2. The second-order valence-corrected chi connectivity index (χ2v) is 3.62. The molecule has 0 bridgehead atoms. The molecule has 90 valence electrons. The van der Waals surface area contributed by atoms with E-state index in [9.17, 15) is 13.9 Å². The van der Waals surface area contributed by atoms with Gasteiger partial charge in [0.2, 0.25) is 0 Å². The van der Waals surface area contributed by atoms with Gasteiger partial charge in [-0.25, -0.2) is 8.78 Å². The van der Waals surface area contributed by atoms with Crippen molar-refractivity contribution in [1.82, 2.24) is 20.2 Å². The number of tetrazole rings is 1. The monoisotopic (exact) mass is 240 g/mol. The number of nitrogens with zero attached hydrogens (tertiary/aromatic N) is 4. The molecule has 7 heteroatoms. The zero-order valence-electron chi connectivity index (χ0n) is 9.01. The molecule has 0 aliphatic rings. The van der Waals surface area contributed by atoms with Crippen molar-refractivity contribution in [2.45, 2.75) is 12.5 Å². The fourth-order valence-electron chi connectivity index (χ4n) is 1.46. The van der Waals surface area contributed by atoms with Crippen LogP contribution in [0.25, 0.3) is 0 Å². The maximum Gasteiger partial charge on any atom is 0.177 e. The molecule has 1 unspecified atom stereocenters. The molecule has 2 rings (SSSR count). The van der Waals surface area contributed by atoms with Crippen LogP contribution in [0.4, 0.5) is 8.78 Å². The van der Waals surface area contributed by atoms with E-state index in [1.807, 2.05) is 0 Å². The zero-order chi connectivity index (χ0) is 12.4. The van der Waals surface area contributed by atoms with Gasteiger partial charge in [-0.05, 0) is 22.9 Å². The highest BCUT2D eigenvalue weighted by Gasteiger charge is 2.14. The fourth-order valence-corrected chi connectivity index (χ4v) is 1.46. The van der Waals surface area contributed by atoms with Crippen LogP contribution in [0, 0.1) is 11.6 Å². The summed E-state index contributed by atoms with van der Waals surface area (Å²) in [5.41, 5.74) is 0.148. The van der Waals surface area contributed by atoms with E-state index in [1.165, 1.54) is 4.80 Å². The van der Waals surface area contributed by atoms with Gasteiger partial charge in [0.05, 0.1) is 13.2 Å². The molecule has 2 aromatic rings. The number of aryl methyl sites for hydroxylation is 1. The Morgan fingerprint density at radius 2 is 1.94 bits per heavy atom. The molecular weight excluding hydrogens is 230 g/mol. The molecule has 1 aromatic heterocycles. The topological polar surface area (TPSA) is 63.8 Å². The van der Waals surface area contributed by atoms with Crippen molar-refractivity contribution in [3.05, 3.63) is 41.2 Å². The SMILES string of the molecule is Cn1nnc(CC(O)c2cc(F)cc(F)c2)n1. The number of hydrogen-bond acceptors (Lipinski definition) is 4. The van der Waals surface area contributed by atoms with Crippen molar-refractivity contribution in [3.8, 4) is 0 Å². The van der Waals surface area contributed by atoms with Crippen LogP contribution in [0.3, 0.4) is 0 Å². The molecular formula is C10H10F2N4O. The summed E-state index contributed by atoms with van der Waals surface area (Å²) in [6, 6.07) is 2.89. The molecule has 1 heterocycles. The quantitative estimate of drug-likeness (QED) is 0.860. The number of benzene rings is 1. The Morgan fingerprint density at radius 3 is 2.47 bits per heavy atom. The Labute approximate surface area is 95.7 Å². The maximum absolute atomic E-state index is 12.9. The van der Waals surface area contributed by atoms with Gasteiger partial charge in [0, 0.05) is 12.5 Å². The van der Waals surface area contributed by atoms with E-state index >= 15 is 0 Å². The van der Waals surface area contributed by atoms with E-state index in [0.717, 1.165) is 18.2 Å². The summed E-state index contributed by atoms with van der Waals surface area (Å²) >= 11 is 0. The first-order valence-corrected chi connectivity index (χ1v) is 4.91. The summed E-state index contributed by atoms with van der Waals surface area (Å²) in [5.74, 6) is -1.15. The summed E-state index contributed by atoms with van der Waals surface area (Å²) in [7, 11) is 1.59. The van der Waals surface area contributed by atoms with Crippen molar-refractivity contribution >= 4 is 0 Å². The number of hydrogen-bond donors (Lipinski definition) is 1. The molecule has 17 heavy (non-hydrogen) atoms. The lowest BCUT2D eigenvalue weighted by Crippen LogP contribution is -2.05. The van der Waals surface area contributed by atoms with Gasteiger partial charge in [-0.1, -0.05) is 0 Å². The average Bonchev–Trinajstić information content (AvgIpc) is 2.62. The Kier molecular flexibility index (Phi) is 3.10. The summed E-state index contributed by atoms with van der Waals surface area (Å²) in [6.07, 6.45) is -1.01. The minimum Gasteiger partial charge on any atom is -0.388 e. The van der Waals surface area contributed by atoms with Crippen LogP contribution in [0.1, 0.15) is 17.5 Å². The van der Waals surface area contributed by atoms with Crippen LogP contribution in [-0.2, 0) is 13.5 Å². The summed E-state index contributed by atoms with van der Waals surface area (Å²) < 4.78 is 25.9. The summed E-state index contributed by atoms with van der Waals surface area (Å²) in [5, 5.41) is 20.9. The van der Waals surface area contributed by atoms with Gasteiger partial charge in [0.25, 0.3) is 0 Å². The van der Waals surface area contributed by atoms with Gasteiger partial charge in [0.15, 0.2) is 5.82 Å². The third-order valence-corrected chi connectivity index (χ3v) is 2.20. The second-order valence-electron chi connectivity index (χ2n) is 3.62. The molecule has 0 aliphatic carbocycles. The fraction of sp³-hybridized carbons (Fsp3) is 0.300. The number of aliphatic hydroxyl groups excluding tert-OH is 1. The molecule has 0 spiro atoms. The first-order valence-electron chi connectivity index (χ1n) is 4.91. The molecule has 1 atom stereocenters. The van der Waals surface area contributed by atoms with Crippen molar-refractivity contribution < 1.29 is 13.9 Å². The molecule has 1 aromatic carbocycles. The van der Waals surface area contributed by atoms with Crippen molar-refractivity contribution in [2.75, 3.05) is 0 Å². The van der Waals surface area contributed by atoms with Crippen LogP contribution >= 0.6 is 0 Å². The third kappa shape index (κ3) is 2.82. The van der Waals surface area contributed by atoms with Crippen LogP contribution < -0.4 is 0 Å². The smallest absolute Gasteiger partial charge is 0.177 e. The maximum atomic E-state index is 12.9. The molecule has 0 saturated heterocycles. The Balaban J connectivity index is 2.16. The van der Waals surface area contributed by atoms with Gasteiger partial charge in [-0.3, -0.25) is 0 Å². The zero-order valence-corrected chi connectivity index (χ0v) is 9.01. The van der Waals surface area contributed by atoms with E-state index < -0.39 is 17.7 Å². The third-order valence-electron chi connectivity index (χ3n) is 2.20. The lowest BCUT2D eigenvalue weighted by Gasteiger charge is -2.08. The molecule has 0 amide bonds. The summed E-state index contributed by atoms with van der Waals surface area (Å²) in [4.78, 5) is 1.24.